The zero-order chi connectivity index (χ0) is 34.4. The quantitative estimate of drug-likeness (QED) is 0.176. The first-order chi connectivity index (χ1) is 25.8. The molecule has 0 fully saturated rings. The summed E-state index contributed by atoms with van der Waals surface area (Å²) < 4.78 is 6.71. The molecule has 1 heterocycles. The Morgan fingerprint density at radius 2 is 0.962 bits per heavy atom. The van der Waals surface area contributed by atoms with Crippen LogP contribution < -0.4 is 4.90 Å². The van der Waals surface area contributed by atoms with Crippen LogP contribution >= 0.6 is 0 Å². The molecule has 0 aliphatic rings. The van der Waals surface area contributed by atoms with Gasteiger partial charge in [0.1, 0.15) is 11.2 Å². The lowest BCUT2D eigenvalue weighted by atomic mass is 9.92. The standard InChI is InChI=1S/C50H33NO/c1-3-13-34(14-4-1)38-17-11-20-42(32-38)51(40-18-5-2-6-19-40)41-29-27-36(28-30-41)43-23-12-24-48-49(43)47-33-46(44-21-9-10-22-45(44)50(47)52-48)39-26-25-35-15-7-8-16-37(35)31-39/h1-33H. The minimum Gasteiger partial charge on any atom is -0.455 e. The summed E-state index contributed by atoms with van der Waals surface area (Å²) in [7, 11) is 0. The molecule has 0 unspecified atom stereocenters. The minimum atomic E-state index is 0.890. The van der Waals surface area contributed by atoms with Crippen LogP contribution in [0.15, 0.2) is 205 Å². The fourth-order valence-electron chi connectivity index (χ4n) is 7.75. The van der Waals surface area contributed by atoms with E-state index in [0.717, 1.165) is 55.5 Å². The average molecular weight is 664 g/mol. The van der Waals surface area contributed by atoms with Crippen molar-refractivity contribution in [2.75, 3.05) is 4.90 Å². The summed E-state index contributed by atoms with van der Waals surface area (Å²) in [6.07, 6.45) is 0. The van der Waals surface area contributed by atoms with Crippen molar-refractivity contribution in [2.24, 2.45) is 0 Å². The maximum Gasteiger partial charge on any atom is 0.143 e. The fraction of sp³-hybridized carbons (Fsp3) is 0. The van der Waals surface area contributed by atoms with Crippen LogP contribution in [0.4, 0.5) is 17.1 Å². The maximum absolute atomic E-state index is 6.71. The zero-order valence-corrected chi connectivity index (χ0v) is 28.4. The Hall–Kier alpha value is -6.90. The highest BCUT2D eigenvalue weighted by Gasteiger charge is 2.19. The van der Waals surface area contributed by atoms with Crippen LogP contribution in [0.3, 0.4) is 0 Å². The Balaban J connectivity index is 1.12. The summed E-state index contributed by atoms with van der Waals surface area (Å²) in [6, 6.07) is 71.6. The Bertz CT molecular complexity index is 2890. The highest BCUT2D eigenvalue weighted by Crippen LogP contribution is 2.44. The summed E-state index contributed by atoms with van der Waals surface area (Å²) in [6.45, 7) is 0. The number of benzene rings is 9. The molecule has 0 amide bonds. The van der Waals surface area contributed by atoms with E-state index in [4.69, 9.17) is 4.42 Å². The summed E-state index contributed by atoms with van der Waals surface area (Å²) >= 11 is 0. The highest BCUT2D eigenvalue weighted by atomic mass is 16.3. The molecule has 52 heavy (non-hydrogen) atoms. The van der Waals surface area contributed by atoms with E-state index in [1.165, 1.54) is 38.4 Å². The van der Waals surface area contributed by atoms with Gasteiger partial charge in [-0.1, -0.05) is 146 Å². The third-order valence-corrected chi connectivity index (χ3v) is 10.2. The lowest BCUT2D eigenvalue weighted by Gasteiger charge is -2.26. The van der Waals surface area contributed by atoms with E-state index in [1.54, 1.807) is 0 Å². The molecule has 0 aliphatic carbocycles. The molecule has 10 aromatic rings. The predicted molar refractivity (Wildman–Crippen MR) is 220 cm³/mol. The van der Waals surface area contributed by atoms with E-state index in [9.17, 15) is 0 Å². The van der Waals surface area contributed by atoms with Gasteiger partial charge >= 0.3 is 0 Å². The summed E-state index contributed by atoms with van der Waals surface area (Å²) in [5.41, 5.74) is 12.2. The number of hydrogen-bond donors (Lipinski definition) is 0. The Kier molecular flexibility index (Phi) is 7.18. The lowest BCUT2D eigenvalue weighted by Crippen LogP contribution is -2.09. The molecular formula is C50H33NO. The number of fused-ring (bicyclic) bond motifs is 6. The molecule has 9 aromatic carbocycles. The van der Waals surface area contributed by atoms with E-state index >= 15 is 0 Å². The highest BCUT2D eigenvalue weighted by molar-refractivity contribution is 6.22. The number of hydrogen-bond acceptors (Lipinski definition) is 2. The molecule has 0 spiro atoms. The Morgan fingerprint density at radius 1 is 0.327 bits per heavy atom. The molecule has 2 nitrogen and oxygen atoms in total. The normalized spacial score (nSPS) is 11.5. The van der Waals surface area contributed by atoms with Gasteiger partial charge in [-0.05, 0) is 104 Å². The van der Waals surface area contributed by atoms with Crippen molar-refractivity contribution in [2.45, 2.75) is 0 Å². The monoisotopic (exact) mass is 663 g/mol. The van der Waals surface area contributed by atoms with Gasteiger partial charge in [0.05, 0.1) is 0 Å². The third-order valence-electron chi connectivity index (χ3n) is 10.2. The van der Waals surface area contributed by atoms with Gasteiger partial charge in [0.15, 0.2) is 0 Å². The van der Waals surface area contributed by atoms with Crippen molar-refractivity contribution in [3.05, 3.63) is 200 Å². The third kappa shape index (κ3) is 5.12. The first kappa shape index (κ1) is 30.0. The second-order valence-electron chi connectivity index (χ2n) is 13.3. The van der Waals surface area contributed by atoms with E-state index in [0.29, 0.717) is 0 Å². The minimum absolute atomic E-state index is 0.890. The lowest BCUT2D eigenvalue weighted by molar-refractivity contribution is 0.673. The van der Waals surface area contributed by atoms with Crippen molar-refractivity contribution < 1.29 is 4.42 Å². The van der Waals surface area contributed by atoms with Gasteiger partial charge in [0.25, 0.3) is 0 Å². The first-order valence-electron chi connectivity index (χ1n) is 17.8. The molecule has 0 aliphatic heterocycles. The Labute approximate surface area is 302 Å². The smallest absolute Gasteiger partial charge is 0.143 e. The van der Waals surface area contributed by atoms with Crippen molar-refractivity contribution in [3.63, 3.8) is 0 Å². The number of rotatable bonds is 6. The van der Waals surface area contributed by atoms with E-state index in [2.05, 4.69) is 205 Å². The second-order valence-corrected chi connectivity index (χ2v) is 13.3. The molecule has 0 N–H and O–H groups in total. The first-order valence-corrected chi connectivity index (χ1v) is 17.8. The molecule has 244 valence electrons. The largest absolute Gasteiger partial charge is 0.455 e. The van der Waals surface area contributed by atoms with Crippen LogP contribution in [-0.2, 0) is 0 Å². The van der Waals surface area contributed by atoms with Gasteiger partial charge in [0.2, 0.25) is 0 Å². The summed E-state index contributed by atoms with van der Waals surface area (Å²) in [5.74, 6) is 0. The van der Waals surface area contributed by atoms with Crippen molar-refractivity contribution >= 4 is 60.5 Å². The molecule has 1 aromatic heterocycles. The van der Waals surface area contributed by atoms with E-state index in [-0.39, 0.29) is 0 Å². The number of nitrogens with zero attached hydrogens (tertiary/aromatic N) is 1. The van der Waals surface area contributed by atoms with Gasteiger partial charge in [-0.3, -0.25) is 0 Å². The van der Waals surface area contributed by atoms with Crippen LogP contribution in [0.25, 0.3) is 76.9 Å². The average Bonchev–Trinajstić information content (AvgIpc) is 3.61. The molecule has 0 atom stereocenters. The topological polar surface area (TPSA) is 16.4 Å². The van der Waals surface area contributed by atoms with Crippen molar-refractivity contribution in [3.8, 4) is 33.4 Å². The molecule has 0 radical (unpaired) electrons. The summed E-state index contributed by atoms with van der Waals surface area (Å²) in [4.78, 5) is 2.33. The van der Waals surface area contributed by atoms with Crippen molar-refractivity contribution in [1.29, 1.82) is 0 Å². The van der Waals surface area contributed by atoms with Gasteiger partial charge in [-0.25, -0.2) is 0 Å². The van der Waals surface area contributed by atoms with Crippen LogP contribution in [-0.4, -0.2) is 0 Å². The molecule has 0 bridgehead atoms. The maximum atomic E-state index is 6.71. The molecule has 2 heteroatoms. The fourth-order valence-corrected chi connectivity index (χ4v) is 7.75. The second kappa shape index (κ2) is 12.5. The molecule has 0 saturated carbocycles. The summed E-state index contributed by atoms with van der Waals surface area (Å²) in [5, 5.41) is 7.04. The van der Waals surface area contributed by atoms with Crippen LogP contribution in [0, 0.1) is 0 Å². The SMILES string of the molecule is c1ccc(-c2cccc(N(c3ccccc3)c3ccc(-c4cccc5oc6c7ccccc7c(-c7ccc8ccccc8c7)cc6c45)cc3)c2)cc1. The van der Waals surface area contributed by atoms with Crippen LogP contribution in [0.5, 0.6) is 0 Å². The molecule has 0 saturated heterocycles. The van der Waals surface area contributed by atoms with Crippen LogP contribution in [0.1, 0.15) is 0 Å². The van der Waals surface area contributed by atoms with E-state index < -0.39 is 0 Å². The number of para-hydroxylation sites is 1. The number of anilines is 3. The predicted octanol–water partition coefficient (Wildman–Crippen LogP) is 14.4. The molecule has 10 rings (SSSR count). The van der Waals surface area contributed by atoms with Gasteiger partial charge in [-0.15, -0.1) is 0 Å². The van der Waals surface area contributed by atoms with Crippen LogP contribution in [0.2, 0.25) is 0 Å². The Morgan fingerprint density at radius 3 is 1.79 bits per heavy atom. The number of furan rings is 1. The zero-order valence-electron chi connectivity index (χ0n) is 28.4. The van der Waals surface area contributed by atoms with Gasteiger partial charge in [0, 0.05) is 33.2 Å². The van der Waals surface area contributed by atoms with E-state index in [1.807, 2.05) is 0 Å². The molecular weight excluding hydrogens is 631 g/mol. The van der Waals surface area contributed by atoms with Gasteiger partial charge < -0.3 is 9.32 Å². The van der Waals surface area contributed by atoms with Gasteiger partial charge in [-0.2, -0.15) is 0 Å². The van der Waals surface area contributed by atoms with Crippen molar-refractivity contribution in [1.82, 2.24) is 0 Å².